The van der Waals surface area contributed by atoms with Crippen molar-refractivity contribution < 1.29 is 19.1 Å². The minimum atomic E-state index is -0.325. The van der Waals surface area contributed by atoms with E-state index >= 15 is 0 Å². The molecule has 2 unspecified atom stereocenters. The van der Waals surface area contributed by atoms with Crippen LogP contribution in [-0.4, -0.2) is 84.8 Å². The number of aryl methyl sites for hydroxylation is 1. The molecule has 0 saturated carbocycles. The van der Waals surface area contributed by atoms with Crippen LogP contribution in [0.3, 0.4) is 0 Å². The van der Waals surface area contributed by atoms with Gasteiger partial charge in [0.25, 0.3) is 0 Å². The van der Waals surface area contributed by atoms with E-state index in [1.54, 1.807) is 12.0 Å². The molecule has 0 radical (unpaired) electrons. The number of rotatable bonds is 7. The van der Waals surface area contributed by atoms with E-state index in [0.29, 0.717) is 45.6 Å². The van der Waals surface area contributed by atoms with Gasteiger partial charge in [0, 0.05) is 45.7 Å². The Labute approximate surface area is 190 Å². The molecule has 8 nitrogen and oxygen atoms in total. The number of ether oxygens (including phenoxy) is 1. The first-order valence-corrected chi connectivity index (χ1v) is 11.6. The summed E-state index contributed by atoms with van der Waals surface area (Å²) in [5, 5.41) is 0. The monoisotopic (exact) mass is 444 g/mol. The van der Waals surface area contributed by atoms with Gasteiger partial charge in [-0.2, -0.15) is 0 Å². The average Bonchev–Trinajstić information content (AvgIpc) is 3.08. The summed E-state index contributed by atoms with van der Waals surface area (Å²) in [6.07, 6.45) is 3.58. The van der Waals surface area contributed by atoms with Crippen molar-refractivity contribution >= 4 is 17.7 Å². The Morgan fingerprint density at radius 1 is 1.03 bits per heavy atom. The highest BCUT2D eigenvalue weighted by molar-refractivity contribution is 5.83. The van der Waals surface area contributed by atoms with Crippen LogP contribution in [0, 0.1) is 5.92 Å². The third kappa shape index (κ3) is 6.22. The second-order valence-electron chi connectivity index (χ2n) is 8.82. The largest absolute Gasteiger partial charge is 0.497 e. The lowest BCUT2D eigenvalue weighted by molar-refractivity contribution is -0.139. The normalized spacial score (nSPS) is 21.0. The summed E-state index contributed by atoms with van der Waals surface area (Å²) in [4.78, 5) is 43.2. The number of hydrogen-bond donors (Lipinski definition) is 1. The topological polar surface area (TPSA) is 96.2 Å². The molecular weight excluding hydrogens is 408 g/mol. The van der Waals surface area contributed by atoms with Crippen molar-refractivity contribution in [2.75, 3.05) is 46.4 Å². The minimum absolute atomic E-state index is 0.0511. The summed E-state index contributed by atoms with van der Waals surface area (Å²) in [6.45, 7) is 5.82. The van der Waals surface area contributed by atoms with Crippen LogP contribution >= 0.6 is 0 Å². The first-order valence-electron chi connectivity index (χ1n) is 11.6. The Bertz CT molecular complexity index is 798. The maximum atomic E-state index is 13.0. The minimum Gasteiger partial charge on any atom is -0.497 e. The highest BCUT2D eigenvalue weighted by atomic mass is 16.5. The number of nitrogens with zero attached hydrogens (tertiary/aromatic N) is 3. The van der Waals surface area contributed by atoms with Crippen molar-refractivity contribution in [2.24, 2.45) is 11.7 Å². The summed E-state index contributed by atoms with van der Waals surface area (Å²) in [6, 6.07) is 7.54. The summed E-state index contributed by atoms with van der Waals surface area (Å²) in [7, 11) is 1.64. The van der Waals surface area contributed by atoms with Crippen LogP contribution in [0.25, 0.3) is 0 Å². The first-order chi connectivity index (χ1) is 15.4. The maximum Gasteiger partial charge on any atom is 0.239 e. The molecule has 2 fully saturated rings. The van der Waals surface area contributed by atoms with Crippen molar-refractivity contribution in [1.29, 1.82) is 0 Å². The standard InChI is InChI=1S/C24H36N4O4/c1-18(24(31)28-12-3-5-20(17-28)23(25)30)26-13-4-14-27(16-15-26)22(29)11-8-19-6-9-21(32-2)10-7-19/h6-7,9-10,18,20H,3-5,8,11-17H2,1-2H3,(H2,25,30). The number of methoxy groups -OCH3 is 1. The van der Waals surface area contributed by atoms with E-state index in [0.717, 1.165) is 37.1 Å². The van der Waals surface area contributed by atoms with Gasteiger partial charge in [-0.3, -0.25) is 19.3 Å². The van der Waals surface area contributed by atoms with Gasteiger partial charge in [0.15, 0.2) is 0 Å². The van der Waals surface area contributed by atoms with Crippen molar-refractivity contribution in [3.8, 4) is 5.75 Å². The van der Waals surface area contributed by atoms with Crippen molar-refractivity contribution in [3.63, 3.8) is 0 Å². The fourth-order valence-electron chi connectivity index (χ4n) is 4.61. The third-order valence-electron chi connectivity index (χ3n) is 6.71. The quantitative estimate of drug-likeness (QED) is 0.683. The number of piperidine rings is 1. The highest BCUT2D eigenvalue weighted by Gasteiger charge is 2.32. The molecule has 32 heavy (non-hydrogen) atoms. The zero-order valence-electron chi connectivity index (χ0n) is 19.3. The fourth-order valence-corrected chi connectivity index (χ4v) is 4.61. The smallest absolute Gasteiger partial charge is 0.239 e. The number of hydrogen-bond acceptors (Lipinski definition) is 5. The molecule has 2 aliphatic rings. The van der Waals surface area contributed by atoms with Crippen molar-refractivity contribution in [3.05, 3.63) is 29.8 Å². The second kappa shape index (κ2) is 11.3. The molecule has 3 amide bonds. The SMILES string of the molecule is COc1ccc(CCC(=O)N2CCCN(C(C)C(=O)N3CCCC(C(N)=O)C3)CC2)cc1. The molecule has 1 aromatic rings. The molecule has 0 bridgehead atoms. The Balaban J connectivity index is 1.48. The fraction of sp³-hybridized carbons (Fsp3) is 0.625. The van der Waals surface area contributed by atoms with Crippen LogP contribution in [0.2, 0.25) is 0 Å². The number of amides is 3. The Hall–Kier alpha value is -2.61. The number of nitrogens with two attached hydrogens (primary N) is 1. The first kappa shape index (κ1) is 24.0. The van der Waals surface area contributed by atoms with Gasteiger partial charge in [-0.1, -0.05) is 12.1 Å². The molecular formula is C24H36N4O4. The molecule has 1 aromatic carbocycles. The van der Waals surface area contributed by atoms with Crippen molar-refractivity contribution in [2.45, 2.75) is 45.1 Å². The molecule has 2 heterocycles. The van der Waals surface area contributed by atoms with E-state index in [9.17, 15) is 14.4 Å². The molecule has 2 N–H and O–H groups in total. The molecule has 176 valence electrons. The lowest BCUT2D eigenvalue weighted by atomic mass is 9.97. The van der Waals surface area contributed by atoms with Gasteiger partial charge < -0.3 is 20.3 Å². The van der Waals surface area contributed by atoms with E-state index in [-0.39, 0.29) is 29.7 Å². The molecule has 8 heteroatoms. The molecule has 2 atom stereocenters. The predicted molar refractivity (Wildman–Crippen MR) is 122 cm³/mol. The van der Waals surface area contributed by atoms with Gasteiger partial charge in [0.1, 0.15) is 5.75 Å². The molecule has 2 saturated heterocycles. The summed E-state index contributed by atoms with van der Waals surface area (Å²) < 4.78 is 5.18. The summed E-state index contributed by atoms with van der Waals surface area (Å²) in [5.74, 6) is 0.444. The Morgan fingerprint density at radius 3 is 2.44 bits per heavy atom. The van der Waals surface area contributed by atoms with E-state index < -0.39 is 0 Å². The van der Waals surface area contributed by atoms with E-state index in [4.69, 9.17) is 10.5 Å². The van der Waals surface area contributed by atoms with Crippen LogP contribution in [0.15, 0.2) is 24.3 Å². The van der Waals surface area contributed by atoms with Gasteiger partial charge in [-0.25, -0.2) is 0 Å². The second-order valence-corrected chi connectivity index (χ2v) is 8.82. The van der Waals surface area contributed by atoms with Gasteiger partial charge in [-0.05, 0) is 50.3 Å². The van der Waals surface area contributed by atoms with Crippen LogP contribution in [0.1, 0.15) is 38.2 Å². The predicted octanol–water partition coefficient (Wildman–Crippen LogP) is 1.27. The number of benzene rings is 1. The van der Waals surface area contributed by atoms with Gasteiger partial charge in [0.2, 0.25) is 17.7 Å². The molecule has 3 rings (SSSR count). The van der Waals surface area contributed by atoms with Gasteiger partial charge in [-0.15, -0.1) is 0 Å². The van der Waals surface area contributed by atoms with E-state index in [2.05, 4.69) is 4.90 Å². The van der Waals surface area contributed by atoms with Crippen LogP contribution in [0.4, 0.5) is 0 Å². The molecule has 0 spiro atoms. The van der Waals surface area contributed by atoms with Crippen LogP contribution in [0.5, 0.6) is 5.75 Å². The van der Waals surface area contributed by atoms with Crippen LogP contribution in [-0.2, 0) is 20.8 Å². The number of likely N-dealkylation sites (tertiary alicyclic amines) is 1. The third-order valence-corrected chi connectivity index (χ3v) is 6.71. The molecule has 0 aliphatic carbocycles. The Morgan fingerprint density at radius 2 is 1.75 bits per heavy atom. The number of primary amides is 1. The highest BCUT2D eigenvalue weighted by Crippen LogP contribution is 2.19. The van der Waals surface area contributed by atoms with E-state index in [1.165, 1.54) is 0 Å². The Kier molecular flexibility index (Phi) is 8.50. The zero-order valence-corrected chi connectivity index (χ0v) is 19.3. The molecule has 2 aliphatic heterocycles. The summed E-state index contributed by atoms with van der Waals surface area (Å²) in [5.41, 5.74) is 6.57. The van der Waals surface area contributed by atoms with Crippen LogP contribution < -0.4 is 10.5 Å². The average molecular weight is 445 g/mol. The molecule has 0 aromatic heterocycles. The number of carbonyl (C=O) groups is 3. The lowest BCUT2D eigenvalue weighted by Crippen LogP contribution is -2.52. The number of carbonyl (C=O) groups excluding carboxylic acids is 3. The maximum absolute atomic E-state index is 13.0. The lowest BCUT2D eigenvalue weighted by Gasteiger charge is -2.36. The van der Waals surface area contributed by atoms with Gasteiger partial charge >= 0.3 is 0 Å². The zero-order chi connectivity index (χ0) is 23.1. The van der Waals surface area contributed by atoms with Gasteiger partial charge in [0.05, 0.1) is 19.1 Å². The summed E-state index contributed by atoms with van der Waals surface area (Å²) >= 11 is 0. The van der Waals surface area contributed by atoms with E-state index in [1.807, 2.05) is 36.1 Å². The van der Waals surface area contributed by atoms with Crippen molar-refractivity contribution in [1.82, 2.24) is 14.7 Å².